The van der Waals surface area contributed by atoms with Crippen LogP contribution >= 0.6 is 0 Å². The van der Waals surface area contributed by atoms with Gasteiger partial charge in [-0.2, -0.15) is 14.4 Å². The predicted octanol–water partition coefficient (Wildman–Crippen LogP) is 2.74. The van der Waals surface area contributed by atoms with Gasteiger partial charge in [-0.3, -0.25) is 0 Å². The van der Waals surface area contributed by atoms with Gasteiger partial charge < -0.3 is 9.47 Å². The maximum atomic E-state index is 14.1. The van der Waals surface area contributed by atoms with Gasteiger partial charge in [0.25, 0.3) is 11.8 Å². The zero-order valence-corrected chi connectivity index (χ0v) is 13.4. The Bertz CT molecular complexity index is 826. The van der Waals surface area contributed by atoms with E-state index < -0.39 is 27.4 Å². The van der Waals surface area contributed by atoms with Gasteiger partial charge in [0.05, 0.1) is 11.0 Å². The summed E-state index contributed by atoms with van der Waals surface area (Å²) in [5.41, 5.74) is 0. The van der Waals surface area contributed by atoms with E-state index in [4.69, 9.17) is 9.47 Å². The van der Waals surface area contributed by atoms with Crippen molar-refractivity contribution >= 4 is 9.84 Å². The second kappa shape index (κ2) is 6.45. The van der Waals surface area contributed by atoms with Crippen molar-refractivity contribution in [3.63, 3.8) is 0 Å². The highest BCUT2D eigenvalue weighted by molar-refractivity contribution is 7.90. The van der Waals surface area contributed by atoms with Crippen LogP contribution in [-0.4, -0.2) is 30.7 Å². The number of ether oxygens (including phenoxy) is 2. The number of hydrogen-bond donors (Lipinski definition) is 0. The highest BCUT2D eigenvalue weighted by Crippen LogP contribution is 2.29. The first-order chi connectivity index (χ1) is 10.7. The van der Waals surface area contributed by atoms with Crippen LogP contribution in [0.15, 0.2) is 29.4 Å². The van der Waals surface area contributed by atoms with Crippen LogP contribution < -0.4 is 9.47 Å². The molecule has 124 valence electrons. The molecule has 0 aliphatic carbocycles. The summed E-state index contributed by atoms with van der Waals surface area (Å²) in [5, 5.41) is 0. The third kappa shape index (κ3) is 4.13. The van der Waals surface area contributed by atoms with Gasteiger partial charge in [-0.15, -0.1) is 0 Å². The minimum atomic E-state index is -3.56. The quantitative estimate of drug-likeness (QED) is 0.830. The molecular formula is C14H14F2N2O4S. The van der Waals surface area contributed by atoms with E-state index >= 15 is 0 Å². The molecule has 2 aromatic rings. The first-order valence-corrected chi connectivity index (χ1v) is 8.42. The van der Waals surface area contributed by atoms with Crippen LogP contribution in [0.5, 0.6) is 17.5 Å². The molecule has 0 atom stereocenters. The topological polar surface area (TPSA) is 78.4 Å². The lowest BCUT2D eigenvalue weighted by Crippen LogP contribution is -2.09. The third-order valence-corrected chi connectivity index (χ3v) is 3.72. The van der Waals surface area contributed by atoms with Crippen LogP contribution in [0.1, 0.15) is 13.8 Å². The molecule has 0 saturated heterocycles. The van der Waals surface area contributed by atoms with Gasteiger partial charge in [-0.05, 0) is 32.0 Å². The summed E-state index contributed by atoms with van der Waals surface area (Å²) in [6, 6.07) is 3.02. The number of sulfone groups is 1. The number of halogens is 2. The fourth-order valence-electron chi connectivity index (χ4n) is 1.61. The highest BCUT2D eigenvalue weighted by Gasteiger charge is 2.18. The van der Waals surface area contributed by atoms with Crippen LogP contribution in [0.2, 0.25) is 0 Å². The molecule has 0 aliphatic heterocycles. The first-order valence-electron chi connectivity index (χ1n) is 6.53. The zero-order valence-electron chi connectivity index (χ0n) is 12.6. The smallest absolute Gasteiger partial charge is 0.263 e. The van der Waals surface area contributed by atoms with E-state index in [1.54, 1.807) is 13.8 Å². The summed E-state index contributed by atoms with van der Waals surface area (Å²) in [5.74, 6) is -3.16. The number of aromatic nitrogens is 2. The molecule has 0 saturated carbocycles. The summed E-state index contributed by atoms with van der Waals surface area (Å²) in [4.78, 5) is 7.00. The fraction of sp³-hybridized carbons (Fsp3) is 0.286. The molecular weight excluding hydrogens is 330 g/mol. The molecule has 1 aromatic heterocycles. The molecule has 2 rings (SSSR count). The molecule has 9 heteroatoms. The second-order valence-corrected chi connectivity index (χ2v) is 6.95. The SMILES string of the molecule is CC(C)Oc1ncnc(Oc2ccc(S(C)(=O)=O)cc2F)c1F. The maximum Gasteiger partial charge on any atom is 0.263 e. The van der Waals surface area contributed by atoms with Gasteiger partial charge >= 0.3 is 0 Å². The Morgan fingerprint density at radius 2 is 1.78 bits per heavy atom. The van der Waals surface area contributed by atoms with E-state index in [9.17, 15) is 17.2 Å². The Balaban J connectivity index is 2.33. The first kappa shape index (κ1) is 17.1. The van der Waals surface area contributed by atoms with Gasteiger partial charge in [0.15, 0.2) is 21.4 Å². The normalized spacial score (nSPS) is 11.6. The van der Waals surface area contributed by atoms with Crippen LogP contribution in [0.25, 0.3) is 0 Å². The van der Waals surface area contributed by atoms with Crippen LogP contribution in [0, 0.1) is 11.6 Å². The summed E-state index contributed by atoms with van der Waals surface area (Å²) < 4.78 is 60.9. The Hall–Kier alpha value is -2.29. The standard InChI is InChI=1S/C14H14F2N2O4S/c1-8(2)21-13-12(16)14(18-7-17-13)22-11-5-4-9(6-10(11)15)23(3,19)20/h4-8H,1-3H3. The predicted molar refractivity (Wildman–Crippen MR) is 77.3 cm³/mol. The Morgan fingerprint density at radius 1 is 1.13 bits per heavy atom. The highest BCUT2D eigenvalue weighted by atomic mass is 32.2. The molecule has 0 amide bonds. The molecule has 23 heavy (non-hydrogen) atoms. The Labute approximate surface area is 132 Å². The number of hydrogen-bond acceptors (Lipinski definition) is 6. The van der Waals surface area contributed by atoms with E-state index in [2.05, 4.69) is 9.97 Å². The van der Waals surface area contributed by atoms with Crippen molar-refractivity contribution < 1.29 is 26.7 Å². The third-order valence-electron chi connectivity index (χ3n) is 2.61. The van der Waals surface area contributed by atoms with Crippen molar-refractivity contribution in [3.05, 3.63) is 36.2 Å². The summed E-state index contributed by atoms with van der Waals surface area (Å²) in [7, 11) is -3.56. The van der Waals surface area contributed by atoms with Gasteiger partial charge in [0.2, 0.25) is 5.82 Å². The number of rotatable bonds is 5. The van der Waals surface area contributed by atoms with Crippen molar-refractivity contribution in [1.82, 2.24) is 9.97 Å². The van der Waals surface area contributed by atoms with E-state index in [-0.39, 0.29) is 22.6 Å². The Kier molecular flexibility index (Phi) is 4.79. The average molecular weight is 344 g/mol. The molecule has 0 unspecified atom stereocenters. The van der Waals surface area contributed by atoms with Crippen molar-refractivity contribution in [1.29, 1.82) is 0 Å². The lowest BCUT2D eigenvalue weighted by molar-refractivity contribution is 0.216. The zero-order chi connectivity index (χ0) is 17.2. The molecule has 1 aromatic carbocycles. The average Bonchev–Trinajstić information content (AvgIpc) is 2.43. The van der Waals surface area contributed by atoms with Gasteiger partial charge in [-0.1, -0.05) is 0 Å². The summed E-state index contributed by atoms with van der Waals surface area (Å²) in [6.07, 6.45) is 1.64. The summed E-state index contributed by atoms with van der Waals surface area (Å²) >= 11 is 0. The van der Waals surface area contributed by atoms with E-state index in [1.807, 2.05) is 0 Å². The van der Waals surface area contributed by atoms with Gasteiger partial charge in [-0.25, -0.2) is 12.8 Å². The van der Waals surface area contributed by atoms with Gasteiger partial charge in [0.1, 0.15) is 6.33 Å². The van der Waals surface area contributed by atoms with E-state index in [1.165, 1.54) is 0 Å². The minimum Gasteiger partial charge on any atom is -0.473 e. The largest absolute Gasteiger partial charge is 0.473 e. The molecule has 0 bridgehead atoms. The maximum absolute atomic E-state index is 14.1. The van der Waals surface area contributed by atoms with Crippen molar-refractivity contribution in [2.75, 3.05) is 6.26 Å². The number of benzene rings is 1. The van der Waals surface area contributed by atoms with Crippen LogP contribution in [-0.2, 0) is 9.84 Å². The lowest BCUT2D eigenvalue weighted by atomic mass is 10.3. The lowest BCUT2D eigenvalue weighted by Gasteiger charge is -2.11. The molecule has 0 N–H and O–H groups in total. The van der Waals surface area contributed by atoms with Crippen LogP contribution in [0.4, 0.5) is 8.78 Å². The Morgan fingerprint density at radius 3 is 2.35 bits per heavy atom. The van der Waals surface area contributed by atoms with Crippen LogP contribution in [0.3, 0.4) is 0 Å². The van der Waals surface area contributed by atoms with E-state index in [0.717, 1.165) is 30.8 Å². The molecule has 0 aliphatic rings. The molecule has 0 radical (unpaired) electrons. The van der Waals surface area contributed by atoms with Crippen molar-refractivity contribution in [2.24, 2.45) is 0 Å². The molecule has 0 fully saturated rings. The molecule has 1 heterocycles. The fourth-order valence-corrected chi connectivity index (χ4v) is 2.25. The summed E-state index contributed by atoms with van der Waals surface area (Å²) in [6.45, 7) is 3.37. The van der Waals surface area contributed by atoms with E-state index in [0.29, 0.717) is 0 Å². The molecule has 0 spiro atoms. The minimum absolute atomic E-state index is 0.214. The van der Waals surface area contributed by atoms with Crippen molar-refractivity contribution in [2.45, 2.75) is 24.8 Å². The van der Waals surface area contributed by atoms with Crippen molar-refractivity contribution in [3.8, 4) is 17.5 Å². The van der Waals surface area contributed by atoms with Gasteiger partial charge in [0, 0.05) is 6.26 Å². The monoisotopic (exact) mass is 344 g/mol. The second-order valence-electron chi connectivity index (χ2n) is 4.93. The molecule has 6 nitrogen and oxygen atoms in total. The number of nitrogens with zero attached hydrogens (tertiary/aromatic N) is 2.